The number of carbonyl (C=O) groups excluding carboxylic acids is 1. The van der Waals surface area contributed by atoms with Gasteiger partial charge in [0.15, 0.2) is 0 Å². The second kappa shape index (κ2) is 7.78. The molecule has 0 aliphatic heterocycles. The maximum atomic E-state index is 11.4. The van der Waals surface area contributed by atoms with Crippen LogP contribution >= 0.6 is 11.8 Å². The van der Waals surface area contributed by atoms with Gasteiger partial charge in [-0.15, -0.1) is 5.10 Å². The number of thioether (sulfide) groups is 1. The molecule has 0 radical (unpaired) electrons. The van der Waals surface area contributed by atoms with E-state index in [0.29, 0.717) is 42.5 Å². The minimum Gasteiger partial charge on any atom is -0.465 e. The molecular formula is C12H19N7O2S. The Bertz CT molecular complexity index is 646. The normalized spacial score (nSPS) is 10.7. The molecule has 9 nitrogen and oxygen atoms in total. The predicted octanol–water partition coefficient (Wildman–Crippen LogP) is 1.04. The van der Waals surface area contributed by atoms with Gasteiger partial charge in [0.1, 0.15) is 0 Å². The van der Waals surface area contributed by atoms with E-state index >= 15 is 0 Å². The van der Waals surface area contributed by atoms with Crippen LogP contribution in [0.4, 0.5) is 11.9 Å². The van der Waals surface area contributed by atoms with E-state index in [4.69, 9.17) is 4.74 Å². The van der Waals surface area contributed by atoms with Crippen molar-refractivity contribution in [2.75, 3.05) is 36.1 Å². The fourth-order valence-corrected chi connectivity index (χ4v) is 2.28. The van der Waals surface area contributed by atoms with Crippen molar-refractivity contribution in [2.45, 2.75) is 25.9 Å². The number of carbonyl (C=O) groups is 1. The number of esters is 1. The largest absolute Gasteiger partial charge is 0.465 e. The van der Waals surface area contributed by atoms with Crippen LogP contribution in [0.1, 0.15) is 20.8 Å². The van der Waals surface area contributed by atoms with Gasteiger partial charge in [0, 0.05) is 13.1 Å². The molecule has 10 heteroatoms. The summed E-state index contributed by atoms with van der Waals surface area (Å²) in [6, 6.07) is 0. The van der Waals surface area contributed by atoms with Crippen molar-refractivity contribution in [1.29, 1.82) is 0 Å². The number of anilines is 2. The molecule has 0 atom stereocenters. The maximum absolute atomic E-state index is 11.4. The summed E-state index contributed by atoms with van der Waals surface area (Å²) in [6.45, 7) is 7.47. The molecule has 0 saturated heterocycles. The van der Waals surface area contributed by atoms with Crippen LogP contribution in [0, 0.1) is 0 Å². The van der Waals surface area contributed by atoms with E-state index in [1.54, 1.807) is 6.92 Å². The van der Waals surface area contributed by atoms with Gasteiger partial charge in [0.05, 0.1) is 12.4 Å². The Hall–Kier alpha value is -2.10. The standard InChI is InChI=1S/C12H19N7O2S/c1-4-13-9-15-10(14-5-2)19-11(16-9)17-12(18-19)22-7-8(20)21-6-3/h4-7H2,1-3H3,(H2,13,14,15,16,17,18). The van der Waals surface area contributed by atoms with E-state index in [0.717, 1.165) is 0 Å². The van der Waals surface area contributed by atoms with Crippen molar-refractivity contribution in [3.05, 3.63) is 0 Å². The lowest BCUT2D eigenvalue weighted by Crippen LogP contribution is -2.11. The average Bonchev–Trinajstić information content (AvgIpc) is 2.89. The van der Waals surface area contributed by atoms with E-state index in [-0.39, 0.29) is 11.7 Å². The highest BCUT2D eigenvalue weighted by atomic mass is 32.2. The highest BCUT2D eigenvalue weighted by Gasteiger charge is 2.13. The number of nitrogens with zero attached hydrogens (tertiary/aromatic N) is 5. The number of nitrogens with one attached hydrogen (secondary N) is 2. The number of rotatable bonds is 8. The van der Waals surface area contributed by atoms with E-state index in [9.17, 15) is 4.79 Å². The monoisotopic (exact) mass is 325 g/mol. The molecule has 120 valence electrons. The average molecular weight is 325 g/mol. The summed E-state index contributed by atoms with van der Waals surface area (Å²) in [5.74, 6) is 1.33. The lowest BCUT2D eigenvalue weighted by molar-refractivity contribution is -0.139. The Labute approximate surface area is 132 Å². The Morgan fingerprint density at radius 3 is 2.64 bits per heavy atom. The summed E-state index contributed by atoms with van der Waals surface area (Å²) in [6.07, 6.45) is 0. The van der Waals surface area contributed by atoms with Crippen molar-refractivity contribution in [2.24, 2.45) is 0 Å². The van der Waals surface area contributed by atoms with Crippen LogP contribution in [0.2, 0.25) is 0 Å². The van der Waals surface area contributed by atoms with Crippen molar-refractivity contribution < 1.29 is 9.53 Å². The highest BCUT2D eigenvalue weighted by Crippen LogP contribution is 2.17. The van der Waals surface area contributed by atoms with Crippen LogP contribution in [-0.4, -0.2) is 56.0 Å². The number of ether oxygens (including phenoxy) is 1. The molecule has 0 saturated carbocycles. The molecule has 0 aliphatic rings. The number of hydrogen-bond donors (Lipinski definition) is 2. The Morgan fingerprint density at radius 1 is 1.18 bits per heavy atom. The zero-order chi connectivity index (χ0) is 15.9. The molecule has 0 unspecified atom stereocenters. The molecule has 0 aliphatic carbocycles. The summed E-state index contributed by atoms with van der Waals surface area (Å²) < 4.78 is 6.40. The van der Waals surface area contributed by atoms with Gasteiger partial charge in [-0.1, -0.05) is 11.8 Å². The molecule has 2 rings (SSSR count). The summed E-state index contributed by atoms with van der Waals surface area (Å²) in [7, 11) is 0. The third kappa shape index (κ3) is 3.97. The van der Waals surface area contributed by atoms with Crippen LogP contribution in [0.15, 0.2) is 5.16 Å². The molecule has 0 spiro atoms. The van der Waals surface area contributed by atoms with Gasteiger partial charge in [-0.3, -0.25) is 4.79 Å². The molecule has 2 aromatic heterocycles. The zero-order valence-electron chi connectivity index (χ0n) is 12.8. The number of hydrogen-bond acceptors (Lipinski definition) is 9. The third-order valence-electron chi connectivity index (χ3n) is 2.48. The van der Waals surface area contributed by atoms with Gasteiger partial charge >= 0.3 is 5.97 Å². The summed E-state index contributed by atoms with van der Waals surface area (Å²) in [5, 5.41) is 10.9. The van der Waals surface area contributed by atoms with Crippen LogP contribution in [-0.2, 0) is 9.53 Å². The third-order valence-corrected chi connectivity index (χ3v) is 3.29. The second-order valence-corrected chi connectivity index (χ2v) is 5.07. The Balaban J connectivity index is 2.23. The number of aromatic nitrogens is 5. The highest BCUT2D eigenvalue weighted by molar-refractivity contribution is 7.99. The van der Waals surface area contributed by atoms with Gasteiger partial charge in [-0.25, -0.2) is 0 Å². The Kier molecular flexibility index (Phi) is 5.75. The SMILES string of the molecule is CCNc1nc(NCC)n2nc(SCC(=O)OCC)nc2n1. The molecule has 0 bridgehead atoms. The summed E-state index contributed by atoms with van der Waals surface area (Å²) in [4.78, 5) is 24.3. The van der Waals surface area contributed by atoms with E-state index in [1.165, 1.54) is 16.3 Å². The fraction of sp³-hybridized carbons (Fsp3) is 0.583. The smallest absolute Gasteiger partial charge is 0.316 e. The molecular weight excluding hydrogens is 306 g/mol. The van der Waals surface area contributed by atoms with Crippen molar-refractivity contribution >= 4 is 35.4 Å². The fourth-order valence-electron chi connectivity index (χ4n) is 1.66. The lowest BCUT2D eigenvalue weighted by atomic mass is 10.7. The quantitative estimate of drug-likeness (QED) is 0.543. The predicted molar refractivity (Wildman–Crippen MR) is 84.3 cm³/mol. The summed E-state index contributed by atoms with van der Waals surface area (Å²) in [5.41, 5.74) is 0. The van der Waals surface area contributed by atoms with E-state index < -0.39 is 0 Å². The van der Waals surface area contributed by atoms with Gasteiger partial charge in [-0.2, -0.15) is 19.5 Å². The molecule has 0 aromatic carbocycles. The van der Waals surface area contributed by atoms with Crippen LogP contribution in [0.5, 0.6) is 0 Å². The first-order chi connectivity index (χ1) is 10.7. The first-order valence-corrected chi connectivity index (χ1v) is 8.07. The number of fused-ring (bicyclic) bond motifs is 1. The summed E-state index contributed by atoms with van der Waals surface area (Å²) >= 11 is 1.21. The molecule has 22 heavy (non-hydrogen) atoms. The zero-order valence-corrected chi connectivity index (χ0v) is 13.6. The van der Waals surface area contributed by atoms with Crippen molar-refractivity contribution in [3.63, 3.8) is 0 Å². The van der Waals surface area contributed by atoms with Gasteiger partial charge in [0.25, 0.3) is 5.78 Å². The molecule has 2 aromatic rings. The molecule has 0 amide bonds. The minimum absolute atomic E-state index is 0.161. The van der Waals surface area contributed by atoms with Crippen LogP contribution in [0.3, 0.4) is 0 Å². The van der Waals surface area contributed by atoms with Gasteiger partial charge in [0.2, 0.25) is 17.1 Å². The molecule has 0 fully saturated rings. The molecule has 2 heterocycles. The van der Waals surface area contributed by atoms with E-state index in [1.807, 2.05) is 13.8 Å². The maximum Gasteiger partial charge on any atom is 0.316 e. The van der Waals surface area contributed by atoms with E-state index in [2.05, 4.69) is 30.7 Å². The van der Waals surface area contributed by atoms with Crippen molar-refractivity contribution in [3.8, 4) is 0 Å². The Morgan fingerprint density at radius 2 is 1.95 bits per heavy atom. The van der Waals surface area contributed by atoms with Crippen LogP contribution < -0.4 is 10.6 Å². The van der Waals surface area contributed by atoms with Gasteiger partial charge in [-0.05, 0) is 20.8 Å². The van der Waals surface area contributed by atoms with Gasteiger partial charge < -0.3 is 15.4 Å². The second-order valence-electron chi connectivity index (χ2n) is 4.13. The first kappa shape index (κ1) is 16.3. The van der Waals surface area contributed by atoms with Crippen molar-refractivity contribution in [1.82, 2.24) is 24.6 Å². The topological polar surface area (TPSA) is 106 Å². The molecule has 2 N–H and O–H groups in total. The first-order valence-electron chi connectivity index (χ1n) is 7.08. The lowest BCUT2D eigenvalue weighted by Gasteiger charge is -2.06. The minimum atomic E-state index is -0.294. The van der Waals surface area contributed by atoms with Crippen LogP contribution in [0.25, 0.3) is 5.78 Å².